The Morgan fingerprint density at radius 2 is 1.60 bits per heavy atom. The van der Waals surface area contributed by atoms with Gasteiger partial charge < -0.3 is 5.32 Å². The second-order valence-electron chi connectivity index (χ2n) is 4.57. The molecular formula is C17H15N3. The first-order valence-electron chi connectivity index (χ1n) is 6.54. The maximum atomic E-state index is 4.58. The minimum absolute atomic E-state index is 0.608. The van der Waals surface area contributed by atoms with Crippen molar-refractivity contribution in [1.29, 1.82) is 0 Å². The Balaban J connectivity index is 1.92. The number of hydrogen-bond acceptors (Lipinski definition) is 3. The maximum Gasteiger partial charge on any atom is 0.227 e. The average molecular weight is 261 g/mol. The van der Waals surface area contributed by atoms with Gasteiger partial charge in [-0.05, 0) is 30.7 Å². The van der Waals surface area contributed by atoms with Crippen molar-refractivity contribution in [1.82, 2.24) is 9.97 Å². The van der Waals surface area contributed by atoms with Crippen LogP contribution in [-0.2, 0) is 0 Å². The molecular weight excluding hydrogens is 246 g/mol. The molecule has 0 bridgehead atoms. The third-order valence-corrected chi connectivity index (χ3v) is 3.11. The van der Waals surface area contributed by atoms with Crippen LogP contribution in [-0.4, -0.2) is 9.97 Å². The van der Waals surface area contributed by atoms with Gasteiger partial charge in [0.05, 0.1) is 5.69 Å². The number of aryl methyl sites for hydroxylation is 1. The van der Waals surface area contributed by atoms with E-state index in [2.05, 4.69) is 34.3 Å². The summed E-state index contributed by atoms with van der Waals surface area (Å²) in [6.07, 6.45) is 1.78. The zero-order chi connectivity index (χ0) is 13.8. The van der Waals surface area contributed by atoms with Crippen molar-refractivity contribution in [3.8, 4) is 11.3 Å². The highest BCUT2D eigenvalue weighted by atomic mass is 15.1. The van der Waals surface area contributed by atoms with Gasteiger partial charge in [0.15, 0.2) is 0 Å². The number of aromatic nitrogens is 2. The van der Waals surface area contributed by atoms with Crippen molar-refractivity contribution in [2.75, 3.05) is 5.32 Å². The Labute approximate surface area is 118 Å². The zero-order valence-electron chi connectivity index (χ0n) is 11.2. The summed E-state index contributed by atoms with van der Waals surface area (Å²) in [5, 5.41) is 3.21. The van der Waals surface area contributed by atoms with E-state index < -0.39 is 0 Å². The highest BCUT2D eigenvalue weighted by Gasteiger charge is 2.04. The average Bonchev–Trinajstić information content (AvgIpc) is 2.49. The minimum atomic E-state index is 0.608. The topological polar surface area (TPSA) is 37.8 Å². The molecule has 3 heteroatoms. The molecule has 20 heavy (non-hydrogen) atoms. The summed E-state index contributed by atoms with van der Waals surface area (Å²) in [4.78, 5) is 8.84. The van der Waals surface area contributed by atoms with Crippen molar-refractivity contribution in [2.45, 2.75) is 6.92 Å². The van der Waals surface area contributed by atoms with E-state index in [0.717, 1.165) is 16.9 Å². The Morgan fingerprint density at radius 1 is 0.850 bits per heavy atom. The van der Waals surface area contributed by atoms with Gasteiger partial charge >= 0.3 is 0 Å². The third-order valence-electron chi connectivity index (χ3n) is 3.11. The van der Waals surface area contributed by atoms with Crippen LogP contribution in [0, 0.1) is 6.92 Å². The summed E-state index contributed by atoms with van der Waals surface area (Å²) in [6, 6.07) is 20.1. The molecule has 1 heterocycles. The molecule has 1 aromatic heterocycles. The summed E-state index contributed by atoms with van der Waals surface area (Å²) in [5.41, 5.74) is 4.24. The molecule has 0 saturated carbocycles. The van der Waals surface area contributed by atoms with Crippen LogP contribution in [0.5, 0.6) is 0 Å². The zero-order valence-corrected chi connectivity index (χ0v) is 11.2. The first-order valence-corrected chi connectivity index (χ1v) is 6.54. The number of hydrogen-bond donors (Lipinski definition) is 1. The fraction of sp³-hybridized carbons (Fsp3) is 0.0588. The molecule has 0 aliphatic rings. The molecule has 0 unspecified atom stereocenters. The van der Waals surface area contributed by atoms with Crippen LogP contribution in [0.1, 0.15) is 5.56 Å². The minimum Gasteiger partial charge on any atom is -0.324 e. The van der Waals surface area contributed by atoms with Crippen LogP contribution in [0.2, 0.25) is 0 Å². The smallest absolute Gasteiger partial charge is 0.227 e. The van der Waals surface area contributed by atoms with Crippen LogP contribution >= 0.6 is 0 Å². The molecule has 0 spiro atoms. The number of nitrogens with zero attached hydrogens (tertiary/aromatic N) is 2. The van der Waals surface area contributed by atoms with Gasteiger partial charge in [0.2, 0.25) is 5.95 Å². The second-order valence-corrected chi connectivity index (χ2v) is 4.57. The lowest BCUT2D eigenvalue weighted by Crippen LogP contribution is -1.98. The Hall–Kier alpha value is -2.68. The lowest BCUT2D eigenvalue weighted by molar-refractivity contribution is 1.17. The monoisotopic (exact) mass is 261 g/mol. The van der Waals surface area contributed by atoms with Crippen molar-refractivity contribution in [3.05, 3.63) is 72.4 Å². The molecule has 0 radical (unpaired) electrons. The van der Waals surface area contributed by atoms with Gasteiger partial charge in [-0.1, -0.05) is 42.5 Å². The predicted molar refractivity (Wildman–Crippen MR) is 81.9 cm³/mol. The van der Waals surface area contributed by atoms with Gasteiger partial charge in [0, 0.05) is 17.4 Å². The van der Waals surface area contributed by atoms with Crippen molar-refractivity contribution in [3.63, 3.8) is 0 Å². The van der Waals surface area contributed by atoms with Crippen LogP contribution in [0.25, 0.3) is 11.3 Å². The van der Waals surface area contributed by atoms with Crippen LogP contribution in [0.4, 0.5) is 11.6 Å². The summed E-state index contributed by atoms with van der Waals surface area (Å²) < 4.78 is 0. The van der Waals surface area contributed by atoms with Crippen molar-refractivity contribution in [2.24, 2.45) is 0 Å². The van der Waals surface area contributed by atoms with Crippen molar-refractivity contribution < 1.29 is 0 Å². The van der Waals surface area contributed by atoms with Crippen molar-refractivity contribution >= 4 is 11.6 Å². The summed E-state index contributed by atoms with van der Waals surface area (Å²) in [5.74, 6) is 0.608. The maximum absolute atomic E-state index is 4.58. The largest absolute Gasteiger partial charge is 0.324 e. The summed E-state index contributed by atoms with van der Waals surface area (Å²) in [6.45, 7) is 2.09. The molecule has 0 saturated heterocycles. The molecule has 0 fully saturated rings. The molecule has 1 N–H and O–H groups in total. The summed E-state index contributed by atoms with van der Waals surface area (Å²) in [7, 11) is 0. The van der Waals surface area contributed by atoms with Crippen LogP contribution in [0.3, 0.4) is 0 Å². The van der Waals surface area contributed by atoms with E-state index in [1.807, 2.05) is 48.5 Å². The Morgan fingerprint density at radius 3 is 2.40 bits per heavy atom. The molecule has 98 valence electrons. The van der Waals surface area contributed by atoms with E-state index in [0.29, 0.717) is 5.95 Å². The number of benzene rings is 2. The van der Waals surface area contributed by atoms with Gasteiger partial charge in [0.1, 0.15) is 0 Å². The second kappa shape index (κ2) is 5.53. The van der Waals surface area contributed by atoms with Crippen LogP contribution < -0.4 is 5.32 Å². The molecule has 0 atom stereocenters. The standard InChI is InChI=1S/C17H15N3/c1-13-7-5-6-10-15(13)16-11-12-18-17(20-16)19-14-8-3-2-4-9-14/h2-12H,1H3,(H,18,19,20). The summed E-state index contributed by atoms with van der Waals surface area (Å²) >= 11 is 0. The van der Waals surface area contributed by atoms with Gasteiger partial charge in [-0.25, -0.2) is 9.97 Å². The number of para-hydroxylation sites is 1. The molecule has 3 nitrogen and oxygen atoms in total. The van der Waals surface area contributed by atoms with E-state index in [-0.39, 0.29) is 0 Å². The number of nitrogens with one attached hydrogen (secondary N) is 1. The molecule has 0 aliphatic heterocycles. The number of anilines is 2. The Kier molecular flexibility index (Phi) is 3.42. The van der Waals surface area contributed by atoms with E-state index in [9.17, 15) is 0 Å². The fourth-order valence-corrected chi connectivity index (χ4v) is 2.08. The van der Waals surface area contributed by atoms with E-state index in [4.69, 9.17) is 0 Å². The molecule has 0 amide bonds. The van der Waals surface area contributed by atoms with Gasteiger partial charge in [0.25, 0.3) is 0 Å². The fourth-order valence-electron chi connectivity index (χ4n) is 2.08. The SMILES string of the molecule is Cc1ccccc1-c1ccnc(Nc2ccccc2)n1. The highest BCUT2D eigenvalue weighted by Crippen LogP contribution is 2.22. The lowest BCUT2D eigenvalue weighted by Gasteiger charge is -2.08. The van der Waals surface area contributed by atoms with E-state index in [1.165, 1.54) is 5.56 Å². The van der Waals surface area contributed by atoms with Gasteiger partial charge in [-0.2, -0.15) is 0 Å². The first kappa shape index (κ1) is 12.4. The van der Waals surface area contributed by atoms with Crippen LogP contribution in [0.15, 0.2) is 66.9 Å². The van der Waals surface area contributed by atoms with Gasteiger partial charge in [-0.15, -0.1) is 0 Å². The molecule has 0 aliphatic carbocycles. The quantitative estimate of drug-likeness (QED) is 0.768. The lowest BCUT2D eigenvalue weighted by atomic mass is 10.1. The predicted octanol–water partition coefficient (Wildman–Crippen LogP) is 4.20. The molecule has 3 aromatic rings. The normalized spacial score (nSPS) is 10.2. The van der Waals surface area contributed by atoms with Gasteiger partial charge in [-0.3, -0.25) is 0 Å². The number of rotatable bonds is 3. The third kappa shape index (κ3) is 2.67. The van der Waals surface area contributed by atoms with E-state index in [1.54, 1.807) is 6.20 Å². The Bertz CT molecular complexity index is 708. The highest BCUT2D eigenvalue weighted by molar-refractivity contribution is 5.65. The first-order chi connectivity index (χ1) is 9.83. The molecule has 2 aromatic carbocycles. The van der Waals surface area contributed by atoms with E-state index >= 15 is 0 Å². The molecule has 3 rings (SSSR count).